The molecule has 0 heterocycles. The van der Waals surface area contributed by atoms with Gasteiger partial charge in [0, 0.05) is 5.02 Å². The second kappa shape index (κ2) is 8.36. The Bertz CT molecular complexity index is 801. The fraction of sp³-hybridized carbons (Fsp3) is 0.222. The lowest BCUT2D eigenvalue weighted by Gasteiger charge is -2.14. The minimum atomic E-state index is -0.719. The Kier molecular flexibility index (Phi) is 6.45. The molecular weight excluding hydrogens is 408 g/mol. The smallest absolute Gasteiger partial charge is 0.280 e. The number of hydrogen-bond donors (Lipinski definition) is 2. The largest absolute Gasteiger partial charge is 0.507 e. The number of halogens is 2. The van der Waals surface area contributed by atoms with Gasteiger partial charge in [0.1, 0.15) is 11.5 Å². The normalized spacial score (nSPS) is 12.2. The molecule has 0 unspecified atom stereocenters. The third kappa shape index (κ3) is 5.21. The van der Waals surface area contributed by atoms with Crippen LogP contribution < -0.4 is 10.2 Å². The number of phenols is 1. The summed E-state index contributed by atoms with van der Waals surface area (Å²) in [6.07, 6.45) is 0.759. The number of rotatable bonds is 5. The van der Waals surface area contributed by atoms with E-state index in [1.807, 2.05) is 13.8 Å². The van der Waals surface area contributed by atoms with Crippen LogP contribution in [0.5, 0.6) is 11.5 Å². The summed E-state index contributed by atoms with van der Waals surface area (Å²) >= 11 is 9.34. The summed E-state index contributed by atoms with van der Waals surface area (Å²) in [6, 6.07) is 8.47. The van der Waals surface area contributed by atoms with Gasteiger partial charge in [0.2, 0.25) is 0 Å². The summed E-state index contributed by atoms with van der Waals surface area (Å²) in [5.74, 6) is 0.338. The van der Waals surface area contributed by atoms with Gasteiger partial charge in [-0.15, -0.1) is 0 Å². The SMILES string of the molecule is Cc1cc(O[C@@H](C)C(=O)NN=Cc2ccc(O)c(Br)c2)cc(C)c1Cl. The molecule has 0 fully saturated rings. The third-order valence-electron chi connectivity index (χ3n) is 3.45. The average Bonchev–Trinajstić information content (AvgIpc) is 2.55. The van der Waals surface area contributed by atoms with Gasteiger partial charge in [-0.2, -0.15) is 5.10 Å². The van der Waals surface area contributed by atoms with Crippen molar-refractivity contribution in [2.24, 2.45) is 5.10 Å². The van der Waals surface area contributed by atoms with Gasteiger partial charge in [-0.3, -0.25) is 4.79 Å². The minimum absolute atomic E-state index is 0.136. The van der Waals surface area contributed by atoms with Crippen molar-refractivity contribution in [1.29, 1.82) is 0 Å². The molecule has 5 nitrogen and oxygen atoms in total. The van der Waals surface area contributed by atoms with Crippen LogP contribution in [0, 0.1) is 13.8 Å². The summed E-state index contributed by atoms with van der Waals surface area (Å²) < 4.78 is 6.19. The lowest BCUT2D eigenvalue weighted by molar-refractivity contribution is -0.127. The molecule has 0 aromatic heterocycles. The molecule has 0 radical (unpaired) electrons. The van der Waals surface area contributed by atoms with Crippen LogP contribution in [0.4, 0.5) is 0 Å². The maximum Gasteiger partial charge on any atom is 0.280 e. The maximum atomic E-state index is 12.1. The fourth-order valence-corrected chi connectivity index (χ4v) is 2.60. The van der Waals surface area contributed by atoms with E-state index in [0.717, 1.165) is 16.7 Å². The second-order valence-corrected chi connectivity index (χ2v) is 6.81. The van der Waals surface area contributed by atoms with E-state index in [9.17, 15) is 9.90 Å². The van der Waals surface area contributed by atoms with E-state index >= 15 is 0 Å². The first-order valence-corrected chi connectivity index (χ1v) is 8.70. The Balaban J connectivity index is 1.96. The molecule has 2 aromatic rings. The lowest BCUT2D eigenvalue weighted by Crippen LogP contribution is -2.33. The van der Waals surface area contributed by atoms with Gasteiger partial charge < -0.3 is 9.84 Å². The standard InChI is InChI=1S/C18H18BrClN2O3/c1-10-6-14(7-11(2)17(10)20)25-12(3)18(24)22-21-9-13-4-5-16(23)15(19)8-13/h4-9,12,23H,1-3H3,(H,22,24)/t12-/m0/s1. The molecule has 0 bridgehead atoms. The molecule has 0 aliphatic heterocycles. The van der Waals surface area contributed by atoms with Crippen molar-refractivity contribution in [3.63, 3.8) is 0 Å². The van der Waals surface area contributed by atoms with Crippen molar-refractivity contribution in [3.05, 3.63) is 56.5 Å². The predicted molar refractivity (Wildman–Crippen MR) is 103 cm³/mol. The predicted octanol–water partition coefficient (Wildman–Crippen LogP) is 4.34. The van der Waals surface area contributed by atoms with Crippen LogP contribution in [0.1, 0.15) is 23.6 Å². The molecule has 0 aliphatic carbocycles. The molecule has 7 heteroatoms. The van der Waals surface area contributed by atoms with Crippen LogP contribution >= 0.6 is 27.5 Å². The van der Waals surface area contributed by atoms with Gasteiger partial charge in [-0.05, 0) is 83.7 Å². The number of carbonyl (C=O) groups excluding carboxylic acids is 1. The molecule has 0 saturated carbocycles. The summed E-state index contributed by atoms with van der Waals surface area (Å²) in [4.78, 5) is 12.1. The lowest BCUT2D eigenvalue weighted by atomic mass is 10.1. The first-order valence-electron chi connectivity index (χ1n) is 7.52. The van der Waals surface area contributed by atoms with Crippen LogP contribution in [0.15, 0.2) is 39.9 Å². The summed E-state index contributed by atoms with van der Waals surface area (Å²) in [5, 5.41) is 14.0. The van der Waals surface area contributed by atoms with E-state index < -0.39 is 6.10 Å². The Hall–Kier alpha value is -2.05. The zero-order valence-corrected chi connectivity index (χ0v) is 16.4. The number of nitrogens with one attached hydrogen (secondary N) is 1. The Morgan fingerprint density at radius 1 is 1.32 bits per heavy atom. The van der Waals surface area contributed by atoms with Crippen molar-refractivity contribution < 1.29 is 14.6 Å². The highest BCUT2D eigenvalue weighted by atomic mass is 79.9. The highest BCUT2D eigenvalue weighted by Crippen LogP contribution is 2.26. The van der Waals surface area contributed by atoms with E-state index in [1.54, 1.807) is 31.2 Å². The Morgan fingerprint density at radius 2 is 1.96 bits per heavy atom. The monoisotopic (exact) mass is 424 g/mol. The van der Waals surface area contributed by atoms with Crippen molar-refractivity contribution >= 4 is 39.7 Å². The van der Waals surface area contributed by atoms with Crippen LogP contribution in [0.3, 0.4) is 0 Å². The van der Waals surface area contributed by atoms with E-state index in [0.29, 0.717) is 15.2 Å². The first-order chi connectivity index (χ1) is 11.8. The quantitative estimate of drug-likeness (QED) is 0.553. The Morgan fingerprint density at radius 3 is 2.56 bits per heavy atom. The van der Waals surface area contributed by atoms with Gasteiger partial charge in [0.15, 0.2) is 6.10 Å². The molecule has 1 amide bonds. The van der Waals surface area contributed by atoms with Crippen molar-refractivity contribution in [2.75, 3.05) is 0 Å². The summed E-state index contributed by atoms with van der Waals surface area (Å²) in [5.41, 5.74) is 4.93. The van der Waals surface area contributed by atoms with Gasteiger partial charge in [-0.1, -0.05) is 11.6 Å². The van der Waals surface area contributed by atoms with Gasteiger partial charge in [-0.25, -0.2) is 5.43 Å². The first kappa shape index (κ1) is 19.3. The van der Waals surface area contributed by atoms with Gasteiger partial charge in [0.05, 0.1) is 10.7 Å². The molecule has 2 rings (SSSR count). The van der Waals surface area contributed by atoms with Crippen LogP contribution in [-0.2, 0) is 4.79 Å². The zero-order valence-electron chi connectivity index (χ0n) is 14.0. The van der Waals surface area contributed by atoms with Crippen molar-refractivity contribution in [1.82, 2.24) is 5.43 Å². The molecule has 0 spiro atoms. The number of nitrogens with zero attached hydrogens (tertiary/aromatic N) is 1. The average molecular weight is 426 g/mol. The highest BCUT2D eigenvalue weighted by Gasteiger charge is 2.15. The molecule has 2 aromatic carbocycles. The number of benzene rings is 2. The number of phenolic OH excluding ortho intramolecular Hbond substituents is 1. The number of hydrogen-bond acceptors (Lipinski definition) is 4. The van der Waals surface area contributed by atoms with E-state index in [1.165, 1.54) is 12.3 Å². The van der Waals surface area contributed by atoms with Crippen LogP contribution in [0.25, 0.3) is 0 Å². The van der Waals surface area contributed by atoms with Crippen molar-refractivity contribution in [3.8, 4) is 11.5 Å². The highest BCUT2D eigenvalue weighted by molar-refractivity contribution is 9.10. The van der Waals surface area contributed by atoms with E-state index in [4.69, 9.17) is 16.3 Å². The van der Waals surface area contributed by atoms with Crippen LogP contribution in [0.2, 0.25) is 5.02 Å². The summed E-state index contributed by atoms with van der Waals surface area (Å²) in [6.45, 7) is 5.40. The van der Waals surface area contributed by atoms with Crippen molar-refractivity contribution in [2.45, 2.75) is 26.9 Å². The molecule has 1 atom stereocenters. The molecule has 2 N–H and O–H groups in total. The molecule has 25 heavy (non-hydrogen) atoms. The van der Waals surface area contributed by atoms with Gasteiger partial charge in [0.25, 0.3) is 5.91 Å². The Labute approximate surface area is 159 Å². The van der Waals surface area contributed by atoms with Crippen LogP contribution in [-0.4, -0.2) is 23.3 Å². The zero-order chi connectivity index (χ0) is 18.6. The fourth-order valence-electron chi connectivity index (χ4n) is 2.10. The number of aryl methyl sites for hydroxylation is 2. The number of ether oxygens (including phenoxy) is 1. The molecule has 132 valence electrons. The van der Waals surface area contributed by atoms with Gasteiger partial charge >= 0.3 is 0 Å². The maximum absolute atomic E-state index is 12.1. The van der Waals surface area contributed by atoms with E-state index in [-0.39, 0.29) is 11.7 Å². The second-order valence-electron chi connectivity index (χ2n) is 5.58. The number of hydrazone groups is 1. The number of aromatic hydroxyl groups is 1. The van der Waals surface area contributed by atoms with E-state index in [2.05, 4.69) is 26.5 Å². The third-order valence-corrected chi connectivity index (χ3v) is 4.68. The minimum Gasteiger partial charge on any atom is -0.507 e. The topological polar surface area (TPSA) is 70.9 Å². The number of amides is 1. The molecular formula is C18H18BrClN2O3. The number of carbonyl (C=O) groups is 1. The molecule has 0 aliphatic rings. The molecule has 0 saturated heterocycles. The summed E-state index contributed by atoms with van der Waals surface area (Å²) in [7, 11) is 0.